The molecule has 0 aromatic carbocycles. The molecule has 0 fully saturated rings. The Morgan fingerprint density at radius 1 is 1.33 bits per heavy atom. The van der Waals surface area contributed by atoms with E-state index in [0.29, 0.717) is 19.0 Å². The number of hydrogen-bond acceptors (Lipinski definition) is 4. The largest absolute Gasteiger partial charge is 0.478 e. The Bertz CT molecular complexity index is 627. The van der Waals surface area contributed by atoms with Crippen LogP contribution in [0.2, 0.25) is 0 Å². The second-order valence-electron chi connectivity index (χ2n) is 4.15. The number of halogens is 3. The summed E-state index contributed by atoms with van der Waals surface area (Å²) in [6.45, 7) is 0.301. The van der Waals surface area contributed by atoms with Gasteiger partial charge >= 0.3 is 12.1 Å². The molecule has 2 aromatic heterocycles. The third-order valence-corrected chi connectivity index (χ3v) is 3.60. The minimum atomic E-state index is -4.61. The van der Waals surface area contributed by atoms with E-state index in [1.165, 1.54) is 11.3 Å². The fourth-order valence-corrected chi connectivity index (χ4v) is 2.39. The van der Waals surface area contributed by atoms with Crippen LogP contribution in [0, 0.1) is 0 Å². The number of carboxylic acid groups (broad SMARTS) is 1. The Labute approximate surface area is 122 Å². The molecule has 0 aliphatic heterocycles. The highest BCUT2D eigenvalue weighted by atomic mass is 32.1. The van der Waals surface area contributed by atoms with Crippen LogP contribution in [-0.2, 0) is 12.6 Å². The van der Waals surface area contributed by atoms with Gasteiger partial charge in [0, 0.05) is 11.4 Å². The molecule has 112 valence electrons. The van der Waals surface area contributed by atoms with Crippen molar-refractivity contribution in [3.05, 3.63) is 45.8 Å². The van der Waals surface area contributed by atoms with Gasteiger partial charge in [0.15, 0.2) is 0 Å². The number of carboxylic acids is 1. The number of aromatic nitrogens is 1. The van der Waals surface area contributed by atoms with Gasteiger partial charge in [-0.25, -0.2) is 9.78 Å². The summed E-state index contributed by atoms with van der Waals surface area (Å²) in [5.74, 6) is -1.59. The predicted octanol–water partition coefficient (Wildman–Crippen LogP) is 3.51. The minimum absolute atomic E-state index is 0.270. The molecule has 0 aliphatic rings. The maximum absolute atomic E-state index is 12.6. The van der Waals surface area contributed by atoms with Crippen LogP contribution in [-0.4, -0.2) is 22.6 Å². The maximum Gasteiger partial charge on any atom is 0.433 e. The van der Waals surface area contributed by atoms with E-state index >= 15 is 0 Å². The Hall–Kier alpha value is -2.09. The smallest absolute Gasteiger partial charge is 0.433 e. The topological polar surface area (TPSA) is 62.2 Å². The van der Waals surface area contributed by atoms with Gasteiger partial charge in [0.1, 0.15) is 17.1 Å². The lowest BCUT2D eigenvalue weighted by atomic mass is 10.2. The first kappa shape index (κ1) is 15.3. The van der Waals surface area contributed by atoms with Crippen molar-refractivity contribution < 1.29 is 23.1 Å². The summed E-state index contributed by atoms with van der Waals surface area (Å²) in [4.78, 5) is 15.4. The van der Waals surface area contributed by atoms with Crippen molar-refractivity contribution in [2.45, 2.75) is 12.6 Å². The number of nitrogens with one attached hydrogen (secondary N) is 1. The zero-order valence-electron chi connectivity index (χ0n) is 10.6. The first-order valence-electron chi connectivity index (χ1n) is 5.95. The van der Waals surface area contributed by atoms with Crippen LogP contribution in [0.15, 0.2) is 29.6 Å². The number of thiophene rings is 1. The van der Waals surface area contributed by atoms with E-state index in [1.54, 1.807) is 0 Å². The molecular weight excluding hydrogens is 305 g/mol. The summed E-state index contributed by atoms with van der Waals surface area (Å²) in [5, 5.41) is 13.5. The van der Waals surface area contributed by atoms with E-state index in [1.807, 2.05) is 17.5 Å². The Kier molecular flexibility index (Phi) is 4.46. The summed E-state index contributed by atoms with van der Waals surface area (Å²) in [6.07, 6.45) is -4.03. The predicted molar refractivity (Wildman–Crippen MR) is 72.7 cm³/mol. The number of aromatic carboxylic acids is 1. The minimum Gasteiger partial charge on any atom is -0.478 e. The van der Waals surface area contributed by atoms with Gasteiger partial charge in [-0.2, -0.15) is 13.2 Å². The molecule has 0 atom stereocenters. The molecule has 21 heavy (non-hydrogen) atoms. The first-order chi connectivity index (χ1) is 9.88. The van der Waals surface area contributed by atoms with Crippen molar-refractivity contribution in [1.29, 1.82) is 0 Å². The molecule has 2 heterocycles. The summed E-state index contributed by atoms with van der Waals surface area (Å²) in [7, 11) is 0. The highest BCUT2D eigenvalue weighted by Gasteiger charge is 2.33. The van der Waals surface area contributed by atoms with E-state index < -0.39 is 17.8 Å². The van der Waals surface area contributed by atoms with E-state index in [0.717, 1.165) is 10.9 Å². The molecule has 0 aliphatic carbocycles. The summed E-state index contributed by atoms with van der Waals surface area (Å²) >= 11 is 1.52. The van der Waals surface area contributed by atoms with Crippen molar-refractivity contribution in [3.8, 4) is 0 Å². The van der Waals surface area contributed by atoms with Crippen molar-refractivity contribution in [1.82, 2.24) is 4.98 Å². The van der Waals surface area contributed by atoms with Crippen LogP contribution >= 0.6 is 11.3 Å². The van der Waals surface area contributed by atoms with Crippen LogP contribution in [0.3, 0.4) is 0 Å². The van der Waals surface area contributed by atoms with Gasteiger partial charge in [0.2, 0.25) is 0 Å². The molecular formula is C13H11F3N2O2S. The van der Waals surface area contributed by atoms with Gasteiger partial charge in [0.05, 0.1) is 0 Å². The molecule has 0 saturated carbocycles. The molecule has 0 bridgehead atoms. The lowest BCUT2D eigenvalue weighted by molar-refractivity contribution is -0.141. The molecule has 0 unspecified atom stereocenters. The van der Waals surface area contributed by atoms with Crippen LogP contribution in [0.25, 0.3) is 0 Å². The monoisotopic (exact) mass is 316 g/mol. The van der Waals surface area contributed by atoms with Crippen LogP contribution in [0.1, 0.15) is 20.9 Å². The van der Waals surface area contributed by atoms with E-state index in [2.05, 4.69) is 10.3 Å². The van der Waals surface area contributed by atoms with Crippen molar-refractivity contribution in [3.63, 3.8) is 0 Å². The van der Waals surface area contributed by atoms with Crippen LogP contribution in [0.5, 0.6) is 0 Å². The van der Waals surface area contributed by atoms with Gasteiger partial charge in [-0.1, -0.05) is 6.07 Å². The molecule has 2 aromatic rings. The first-order valence-corrected chi connectivity index (χ1v) is 6.83. The molecule has 0 amide bonds. The molecule has 0 spiro atoms. The van der Waals surface area contributed by atoms with Gasteiger partial charge < -0.3 is 10.4 Å². The normalized spacial score (nSPS) is 11.4. The Balaban J connectivity index is 2.16. The number of anilines is 1. The van der Waals surface area contributed by atoms with E-state index in [9.17, 15) is 18.0 Å². The average Bonchev–Trinajstić information content (AvgIpc) is 2.90. The lowest BCUT2D eigenvalue weighted by Crippen LogP contribution is -2.15. The number of hydrogen-bond donors (Lipinski definition) is 2. The summed E-state index contributed by atoms with van der Waals surface area (Å²) in [6, 6.07) is 5.33. The van der Waals surface area contributed by atoms with Gasteiger partial charge in [-0.3, -0.25) is 0 Å². The third kappa shape index (κ3) is 3.94. The van der Waals surface area contributed by atoms with Crippen molar-refractivity contribution >= 4 is 23.1 Å². The quantitative estimate of drug-likeness (QED) is 0.886. The number of alkyl halides is 3. The lowest BCUT2D eigenvalue weighted by Gasteiger charge is -2.11. The SMILES string of the molecule is O=C(O)c1ccc(C(F)(F)F)nc1NCCc1cccs1. The molecule has 2 N–H and O–H groups in total. The second-order valence-corrected chi connectivity index (χ2v) is 5.18. The summed E-state index contributed by atoms with van der Waals surface area (Å²) < 4.78 is 37.8. The number of pyridine rings is 1. The van der Waals surface area contributed by atoms with Crippen molar-refractivity contribution in [2.75, 3.05) is 11.9 Å². The van der Waals surface area contributed by atoms with Crippen LogP contribution < -0.4 is 5.32 Å². The fourth-order valence-electron chi connectivity index (χ4n) is 1.68. The standard InChI is InChI=1S/C13H11F3N2O2S/c14-13(15,16)10-4-3-9(12(19)20)11(18-10)17-6-5-8-2-1-7-21-8/h1-4,7H,5-6H2,(H,17,18)(H,19,20). The zero-order valence-corrected chi connectivity index (χ0v) is 11.5. The molecule has 8 heteroatoms. The molecule has 2 rings (SSSR count). The zero-order chi connectivity index (χ0) is 15.5. The van der Waals surface area contributed by atoms with Gasteiger partial charge in [-0.05, 0) is 30.0 Å². The Morgan fingerprint density at radius 3 is 2.67 bits per heavy atom. The fraction of sp³-hybridized carbons (Fsp3) is 0.231. The second kappa shape index (κ2) is 6.13. The Morgan fingerprint density at radius 2 is 2.10 bits per heavy atom. The highest BCUT2D eigenvalue weighted by Crippen LogP contribution is 2.29. The van der Waals surface area contributed by atoms with Gasteiger partial charge in [0.25, 0.3) is 0 Å². The molecule has 4 nitrogen and oxygen atoms in total. The van der Waals surface area contributed by atoms with Crippen LogP contribution in [0.4, 0.5) is 19.0 Å². The third-order valence-electron chi connectivity index (χ3n) is 2.66. The molecule has 0 radical (unpaired) electrons. The number of nitrogens with zero attached hydrogens (tertiary/aromatic N) is 1. The maximum atomic E-state index is 12.6. The highest BCUT2D eigenvalue weighted by molar-refractivity contribution is 7.09. The molecule has 0 saturated heterocycles. The van der Waals surface area contributed by atoms with Crippen molar-refractivity contribution in [2.24, 2.45) is 0 Å². The van der Waals surface area contributed by atoms with E-state index in [4.69, 9.17) is 5.11 Å². The number of rotatable bonds is 5. The number of carbonyl (C=O) groups is 1. The summed E-state index contributed by atoms with van der Waals surface area (Å²) in [5.41, 5.74) is -1.40. The van der Waals surface area contributed by atoms with Gasteiger partial charge in [-0.15, -0.1) is 11.3 Å². The van der Waals surface area contributed by atoms with E-state index in [-0.39, 0.29) is 11.4 Å². The average molecular weight is 316 g/mol.